The number of aliphatic imine (C=N–C) groups is 1. The van der Waals surface area contributed by atoms with E-state index in [4.69, 9.17) is 4.74 Å². The number of hydrogen-bond donors (Lipinski definition) is 1. The molecule has 0 amide bonds. The minimum Gasteiger partial charge on any atom is -0.497 e. The molecule has 6 nitrogen and oxygen atoms in total. The quantitative estimate of drug-likeness (QED) is 0.343. The molecule has 0 radical (unpaired) electrons. The molecule has 3 rings (SSSR count). The minimum absolute atomic E-state index is 0. The third-order valence-electron chi connectivity index (χ3n) is 4.56. The molecule has 0 spiro atoms. The van der Waals surface area contributed by atoms with Gasteiger partial charge < -0.3 is 19.9 Å². The summed E-state index contributed by atoms with van der Waals surface area (Å²) in [6, 6.07) is 7.95. The molecule has 1 aromatic carbocycles. The smallest absolute Gasteiger partial charge is 0.434 e. The van der Waals surface area contributed by atoms with Crippen LogP contribution in [0.5, 0.6) is 5.75 Å². The van der Waals surface area contributed by atoms with Gasteiger partial charge in [0.1, 0.15) is 10.8 Å². The normalized spacial score (nSPS) is 15.0. The van der Waals surface area contributed by atoms with Gasteiger partial charge in [0.15, 0.2) is 11.7 Å². The SMILES string of the molecule is CCNC(=NCc1nc(C(F)(F)F)cs1)N1CCN(c2ccc(OC)cc2)CC1.I. The maximum atomic E-state index is 12.7. The molecule has 30 heavy (non-hydrogen) atoms. The first-order valence-electron chi connectivity index (χ1n) is 9.34. The van der Waals surface area contributed by atoms with E-state index in [9.17, 15) is 13.2 Å². The maximum Gasteiger partial charge on any atom is 0.434 e. The Morgan fingerprint density at radius 1 is 1.20 bits per heavy atom. The number of rotatable bonds is 5. The van der Waals surface area contributed by atoms with E-state index in [1.165, 1.54) is 0 Å². The van der Waals surface area contributed by atoms with Crippen LogP contribution >= 0.6 is 35.3 Å². The molecular weight excluding hydrogens is 530 g/mol. The molecule has 0 unspecified atom stereocenters. The predicted octanol–water partition coefficient (Wildman–Crippen LogP) is 4.08. The van der Waals surface area contributed by atoms with Gasteiger partial charge in [-0.15, -0.1) is 35.3 Å². The number of piperazine rings is 1. The summed E-state index contributed by atoms with van der Waals surface area (Å²) < 4.78 is 43.3. The van der Waals surface area contributed by atoms with E-state index in [2.05, 4.69) is 25.1 Å². The topological polar surface area (TPSA) is 53.0 Å². The van der Waals surface area contributed by atoms with E-state index in [1.54, 1.807) is 7.11 Å². The van der Waals surface area contributed by atoms with Crippen LogP contribution in [0.15, 0.2) is 34.6 Å². The van der Waals surface area contributed by atoms with Crippen LogP contribution in [0.1, 0.15) is 17.6 Å². The standard InChI is InChI=1S/C19H24F3N5OS.HI/c1-3-23-18(24-12-17-25-16(13-29-17)19(20,21)22)27-10-8-26(9-11-27)14-4-6-15(28-2)7-5-14;/h4-7,13H,3,8-12H2,1-2H3,(H,23,24);1H. The van der Waals surface area contributed by atoms with Crippen molar-refractivity contribution in [3.63, 3.8) is 0 Å². The van der Waals surface area contributed by atoms with Gasteiger partial charge in [0, 0.05) is 43.8 Å². The van der Waals surface area contributed by atoms with E-state index in [1.807, 2.05) is 31.2 Å². The highest BCUT2D eigenvalue weighted by molar-refractivity contribution is 14.0. The Morgan fingerprint density at radius 3 is 2.40 bits per heavy atom. The second kappa shape index (κ2) is 11.0. The van der Waals surface area contributed by atoms with Crippen molar-refractivity contribution in [2.24, 2.45) is 4.99 Å². The van der Waals surface area contributed by atoms with Crippen LogP contribution in [0, 0.1) is 0 Å². The molecule has 11 heteroatoms. The highest BCUT2D eigenvalue weighted by Gasteiger charge is 2.33. The van der Waals surface area contributed by atoms with E-state index in [0.29, 0.717) is 17.5 Å². The number of alkyl halides is 3. The van der Waals surface area contributed by atoms with Gasteiger partial charge in [-0.1, -0.05) is 0 Å². The van der Waals surface area contributed by atoms with Crippen LogP contribution in [0.2, 0.25) is 0 Å². The van der Waals surface area contributed by atoms with Crippen molar-refractivity contribution in [2.75, 3.05) is 44.7 Å². The molecule has 0 aliphatic carbocycles. The lowest BCUT2D eigenvalue weighted by atomic mass is 10.2. The zero-order valence-electron chi connectivity index (χ0n) is 16.8. The number of methoxy groups -OCH3 is 1. The summed E-state index contributed by atoms with van der Waals surface area (Å²) in [5.41, 5.74) is 0.278. The Kier molecular flexibility index (Phi) is 9.01. The second-order valence-electron chi connectivity index (χ2n) is 6.47. The molecule has 1 saturated heterocycles. The number of halogens is 4. The highest BCUT2D eigenvalue weighted by atomic mass is 127. The van der Waals surface area contributed by atoms with Crippen molar-refractivity contribution in [3.8, 4) is 5.75 Å². The van der Waals surface area contributed by atoms with Crippen molar-refractivity contribution in [1.29, 1.82) is 0 Å². The number of hydrogen-bond acceptors (Lipinski definition) is 5. The molecule has 1 aliphatic rings. The van der Waals surface area contributed by atoms with Crippen molar-refractivity contribution in [2.45, 2.75) is 19.6 Å². The van der Waals surface area contributed by atoms with Crippen LogP contribution < -0.4 is 15.0 Å². The number of aromatic nitrogens is 1. The van der Waals surface area contributed by atoms with Gasteiger partial charge in [-0.25, -0.2) is 9.98 Å². The maximum absolute atomic E-state index is 12.7. The van der Waals surface area contributed by atoms with E-state index < -0.39 is 11.9 Å². The van der Waals surface area contributed by atoms with Gasteiger partial charge >= 0.3 is 6.18 Å². The zero-order chi connectivity index (χ0) is 20.9. The lowest BCUT2D eigenvalue weighted by molar-refractivity contribution is -0.140. The third-order valence-corrected chi connectivity index (χ3v) is 5.39. The fourth-order valence-corrected chi connectivity index (χ4v) is 3.78. The van der Waals surface area contributed by atoms with Gasteiger partial charge in [0.05, 0.1) is 13.7 Å². The molecule has 2 heterocycles. The van der Waals surface area contributed by atoms with Crippen molar-refractivity contribution >= 4 is 47.0 Å². The van der Waals surface area contributed by atoms with Gasteiger partial charge in [-0.05, 0) is 31.2 Å². The van der Waals surface area contributed by atoms with Crippen molar-refractivity contribution in [1.82, 2.24) is 15.2 Å². The molecule has 1 fully saturated rings. The third kappa shape index (κ3) is 6.37. The Labute approximate surface area is 195 Å². The summed E-state index contributed by atoms with van der Waals surface area (Å²) in [5.74, 6) is 1.52. The Bertz CT molecular complexity index is 820. The average Bonchev–Trinajstić information content (AvgIpc) is 3.21. The summed E-state index contributed by atoms with van der Waals surface area (Å²) >= 11 is 0.981. The molecule has 0 saturated carbocycles. The average molecular weight is 555 g/mol. The van der Waals surface area contributed by atoms with E-state index in [0.717, 1.165) is 54.3 Å². The van der Waals surface area contributed by atoms with E-state index in [-0.39, 0.29) is 30.5 Å². The molecule has 166 valence electrons. The molecule has 0 atom stereocenters. The Balaban J connectivity index is 0.00000320. The number of nitrogens with one attached hydrogen (secondary N) is 1. The number of nitrogens with zero attached hydrogens (tertiary/aromatic N) is 4. The molecule has 0 bridgehead atoms. The van der Waals surface area contributed by atoms with Gasteiger partial charge in [-0.3, -0.25) is 0 Å². The summed E-state index contributed by atoms with van der Waals surface area (Å²) in [7, 11) is 1.64. The second-order valence-corrected chi connectivity index (χ2v) is 7.41. The van der Waals surface area contributed by atoms with Crippen LogP contribution in [0.3, 0.4) is 0 Å². The number of thiazole rings is 1. The minimum atomic E-state index is -4.42. The number of benzene rings is 1. The van der Waals surface area contributed by atoms with Crippen molar-refractivity contribution in [3.05, 3.63) is 40.3 Å². The Morgan fingerprint density at radius 2 is 1.87 bits per heavy atom. The van der Waals surface area contributed by atoms with Gasteiger partial charge in [-0.2, -0.15) is 13.2 Å². The molecule has 2 aromatic rings. The number of ether oxygens (including phenoxy) is 1. The number of anilines is 1. The molecule has 1 aliphatic heterocycles. The molecular formula is C19H25F3IN5OS. The first-order chi connectivity index (χ1) is 13.9. The zero-order valence-corrected chi connectivity index (χ0v) is 19.9. The van der Waals surface area contributed by atoms with Crippen molar-refractivity contribution < 1.29 is 17.9 Å². The molecule has 1 N–H and O–H groups in total. The van der Waals surface area contributed by atoms with Gasteiger partial charge in [0.25, 0.3) is 0 Å². The fourth-order valence-electron chi connectivity index (χ4n) is 3.05. The first kappa shape index (κ1) is 24.5. The summed E-state index contributed by atoms with van der Waals surface area (Å²) in [4.78, 5) is 12.6. The van der Waals surface area contributed by atoms with Gasteiger partial charge in [0.2, 0.25) is 0 Å². The number of guanidine groups is 1. The lowest BCUT2D eigenvalue weighted by Gasteiger charge is -2.37. The summed E-state index contributed by atoms with van der Waals surface area (Å²) in [6.45, 7) is 5.96. The largest absolute Gasteiger partial charge is 0.497 e. The monoisotopic (exact) mass is 555 g/mol. The lowest BCUT2D eigenvalue weighted by Crippen LogP contribution is -2.52. The predicted molar refractivity (Wildman–Crippen MR) is 124 cm³/mol. The molecule has 1 aromatic heterocycles. The van der Waals surface area contributed by atoms with Crippen LogP contribution in [-0.2, 0) is 12.7 Å². The van der Waals surface area contributed by atoms with E-state index >= 15 is 0 Å². The Hall–Kier alpha value is -1.76. The first-order valence-corrected chi connectivity index (χ1v) is 10.2. The van der Waals surface area contributed by atoms with Crippen LogP contribution in [0.25, 0.3) is 0 Å². The highest BCUT2D eigenvalue weighted by Crippen LogP contribution is 2.30. The summed E-state index contributed by atoms with van der Waals surface area (Å²) in [6.07, 6.45) is -4.42. The van der Waals surface area contributed by atoms with Crippen LogP contribution in [-0.4, -0.2) is 55.7 Å². The summed E-state index contributed by atoms with van der Waals surface area (Å²) in [5, 5.41) is 4.61. The van der Waals surface area contributed by atoms with Crippen LogP contribution in [0.4, 0.5) is 18.9 Å². The fraction of sp³-hybridized carbons (Fsp3) is 0.474.